The van der Waals surface area contributed by atoms with Gasteiger partial charge in [-0.05, 0) is 19.2 Å². The van der Waals surface area contributed by atoms with Gasteiger partial charge in [0.05, 0.1) is 13.3 Å². The van der Waals surface area contributed by atoms with Crippen LogP contribution in [0.1, 0.15) is 11.1 Å². The van der Waals surface area contributed by atoms with E-state index in [2.05, 4.69) is 10.3 Å². The Morgan fingerprint density at radius 3 is 2.76 bits per heavy atom. The zero-order valence-corrected chi connectivity index (χ0v) is 12.6. The van der Waals surface area contributed by atoms with E-state index < -0.39 is 0 Å². The summed E-state index contributed by atoms with van der Waals surface area (Å²) in [5, 5.41) is 3.03. The predicted octanol–water partition coefficient (Wildman–Crippen LogP) is 2.59. The Balaban J connectivity index is 2.25. The summed E-state index contributed by atoms with van der Waals surface area (Å²) >= 11 is 0. The minimum atomic E-state index is -0.324. The second-order valence-electron chi connectivity index (χ2n) is 4.83. The van der Waals surface area contributed by atoms with Crippen molar-refractivity contribution in [1.29, 1.82) is 0 Å². The molecule has 1 aromatic heterocycles. The van der Waals surface area contributed by atoms with Crippen molar-refractivity contribution in [3.63, 3.8) is 0 Å². The number of pyridine rings is 1. The van der Waals surface area contributed by atoms with Crippen LogP contribution in [-0.4, -0.2) is 26.2 Å². The standard InChI is InChI=1S/C16H20FN3O/c1-18-9-13-8-14(17)10-19-16(13)20(2)11-12-6-4-5-7-15(12)21-3/h4-8,10,18H,9,11H2,1-3H3. The molecule has 0 saturated carbocycles. The van der Waals surface area contributed by atoms with Crippen molar-refractivity contribution in [2.75, 3.05) is 26.1 Å². The van der Waals surface area contributed by atoms with Crippen LogP contribution in [0.5, 0.6) is 5.75 Å². The quantitative estimate of drug-likeness (QED) is 0.887. The SMILES string of the molecule is CNCc1cc(F)cnc1N(C)Cc1ccccc1OC. The number of anilines is 1. The lowest BCUT2D eigenvalue weighted by Crippen LogP contribution is -2.21. The van der Waals surface area contributed by atoms with Crippen LogP contribution >= 0.6 is 0 Å². The number of hydrogen-bond donors (Lipinski definition) is 1. The molecule has 21 heavy (non-hydrogen) atoms. The third kappa shape index (κ3) is 3.70. The average molecular weight is 289 g/mol. The molecular formula is C16H20FN3O. The van der Waals surface area contributed by atoms with Crippen molar-refractivity contribution in [1.82, 2.24) is 10.3 Å². The number of methoxy groups -OCH3 is 1. The molecule has 0 radical (unpaired) electrons. The second-order valence-corrected chi connectivity index (χ2v) is 4.83. The number of nitrogens with one attached hydrogen (secondary N) is 1. The van der Waals surface area contributed by atoms with Crippen molar-refractivity contribution in [3.8, 4) is 5.75 Å². The fourth-order valence-corrected chi connectivity index (χ4v) is 2.30. The van der Waals surface area contributed by atoms with E-state index >= 15 is 0 Å². The van der Waals surface area contributed by atoms with Gasteiger partial charge in [-0.1, -0.05) is 18.2 Å². The van der Waals surface area contributed by atoms with Gasteiger partial charge in [0.25, 0.3) is 0 Å². The minimum Gasteiger partial charge on any atom is -0.496 e. The first kappa shape index (κ1) is 15.3. The molecule has 1 heterocycles. The minimum absolute atomic E-state index is 0.324. The molecule has 2 rings (SSSR count). The molecule has 2 aromatic rings. The molecule has 0 fully saturated rings. The summed E-state index contributed by atoms with van der Waals surface area (Å²) in [6, 6.07) is 9.35. The zero-order chi connectivity index (χ0) is 15.2. The van der Waals surface area contributed by atoms with Crippen LogP contribution in [-0.2, 0) is 13.1 Å². The number of halogens is 1. The van der Waals surface area contributed by atoms with Gasteiger partial charge in [-0.25, -0.2) is 9.37 Å². The Kier molecular flexibility index (Phi) is 5.11. The van der Waals surface area contributed by atoms with E-state index in [9.17, 15) is 4.39 Å². The van der Waals surface area contributed by atoms with Crippen LogP contribution < -0.4 is 15.0 Å². The smallest absolute Gasteiger partial charge is 0.141 e. The summed E-state index contributed by atoms with van der Waals surface area (Å²) in [6.45, 7) is 1.20. The molecule has 0 aliphatic carbocycles. The predicted molar refractivity (Wildman–Crippen MR) is 82.1 cm³/mol. The number of benzene rings is 1. The van der Waals surface area contributed by atoms with Gasteiger partial charge in [-0.15, -0.1) is 0 Å². The molecule has 0 aliphatic heterocycles. The molecule has 0 bridgehead atoms. The lowest BCUT2D eigenvalue weighted by Gasteiger charge is -2.22. The summed E-state index contributed by atoms with van der Waals surface area (Å²) in [4.78, 5) is 6.21. The van der Waals surface area contributed by atoms with Crippen molar-refractivity contribution < 1.29 is 9.13 Å². The van der Waals surface area contributed by atoms with Crippen LogP contribution in [0.2, 0.25) is 0 Å². The van der Waals surface area contributed by atoms with Gasteiger partial charge in [0, 0.05) is 31.3 Å². The van der Waals surface area contributed by atoms with E-state index in [1.54, 1.807) is 7.11 Å². The maximum Gasteiger partial charge on any atom is 0.141 e. The topological polar surface area (TPSA) is 37.4 Å². The van der Waals surface area contributed by atoms with Crippen LogP contribution in [0.15, 0.2) is 36.5 Å². The van der Waals surface area contributed by atoms with Crippen LogP contribution in [0.4, 0.5) is 10.2 Å². The van der Waals surface area contributed by atoms with Crippen LogP contribution in [0, 0.1) is 5.82 Å². The van der Waals surface area contributed by atoms with Crippen molar-refractivity contribution in [2.45, 2.75) is 13.1 Å². The highest BCUT2D eigenvalue weighted by Crippen LogP contribution is 2.23. The molecule has 1 aromatic carbocycles. The zero-order valence-electron chi connectivity index (χ0n) is 12.6. The lowest BCUT2D eigenvalue weighted by atomic mass is 10.1. The molecule has 0 amide bonds. The van der Waals surface area contributed by atoms with E-state index in [0.717, 1.165) is 22.7 Å². The molecule has 0 atom stereocenters. The summed E-state index contributed by atoms with van der Waals surface area (Å²) in [7, 11) is 5.42. The first-order valence-corrected chi connectivity index (χ1v) is 6.77. The lowest BCUT2D eigenvalue weighted by molar-refractivity contribution is 0.409. The van der Waals surface area contributed by atoms with Gasteiger partial charge >= 0.3 is 0 Å². The number of nitrogens with zero attached hydrogens (tertiary/aromatic N) is 2. The molecule has 0 saturated heterocycles. The number of para-hydroxylation sites is 1. The highest BCUT2D eigenvalue weighted by molar-refractivity contribution is 5.48. The Hall–Kier alpha value is -2.14. The van der Waals surface area contributed by atoms with Gasteiger partial charge < -0.3 is 15.0 Å². The van der Waals surface area contributed by atoms with Crippen LogP contribution in [0.3, 0.4) is 0 Å². The Labute approximate surface area is 124 Å². The fraction of sp³-hybridized carbons (Fsp3) is 0.312. The third-order valence-electron chi connectivity index (χ3n) is 3.24. The average Bonchev–Trinajstić information content (AvgIpc) is 2.48. The normalized spacial score (nSPS) is 10.5. The van der Waals surface area contributed by atoms with E-state index in [1.807, 2.05) is 43.3 Å². The number of rotatable bonds is 6. The second kappa shape index (κ2) is 7.04. The highest BCUT2D eigenvalue weighted by Gasteiger charge is 2.12. The number of hydrogen-bond acceptors (Lipinski definition) is 4. The third-order valence-corrected chi connectivity index (χ3v) is 3.24. The van der Waals surface area contributed by atoms with Gasteiger partial charge in [0.2, 0.25) is 0 Å². The summed E-state index contributed by atoms with van der Waals surface area (Å²) in [6.07, 6.45) is 1.24. The molecule has 112 valence electrons. The molecule has 0 spiro atoms. The summed E-state index contributed by atoms with van der Waals surface area (Å²) in [5.74, 6) is 1.27. The molecule has 0 unspecified atom stereocenters. The first-order valence-electron chi connectivity index (χ1n) is 6.77. The van der Waals surface area contributed by atoms with Gasteiger partial charge in [0.1, 0.15) is 17.4 Å². The first-order chi connectivity index (χ1) is 10.2. The van der Waals surface area contributed by atoms with Gasteiger partial charge in [-0.2, -0.15) is 0 Å². The molecule has 4 nitrogen and oxygen atoms in total. The Morgan fingerprint density at radius 1 is 1.29 bits per heavy atom. The Morgan fingerprint density at radius 2 is 2.05 bits per heavy atom. The van der Waals surface area contributed by atoms with Crippen LogP contribution in [0.25, 0.3) is 0 Å². The molecule has 5 heteroatoms. The fourth-order valence-electron chi connectivity index (χ4n) is 2.30. The summed E-state index contributed by atoms with van der Waals surface area (Å²) < 4.78 is 18.7. The highest BCUT2D eigenvalue weighted by atomic mass is 19.1. The van der Waals surface area contributed by atoms with Crippen molar-refractivity contribution >= 4 is 5.82 Å². The maximum atomic E-state index is 13.4. The molecule has 0 aliphatic rings. The van der Waals surface area contributed by atoms with E-state index in [4.69, 9.17) is 4.74 Å². The van der Waals surface area contributed by atoms with Gasteiger partial charge in [-0.3, -0.25) is 0 Å². The number of aromatic nitrogens is 1. The van der Waals surface area contributed by atoms with Crippen molar-refractivity contribution in [3.05, 3.63) is 53.5 Å². The number of ether oxygens (including phenoxy) is 1. The van der Waals surface area contributed by atoms with E-state index in [0.29, 0.717) is 13.1 Å². The van der Waals surface area contributed by atoms with Crippen molar-refractivity contribution in [2.24, 2.45) is 0 Å². The largest absolute Gasteiger partial charge is 0.496 e. The summed E-state index contributed by atoms with van der Waals surface area (Å²) in [5.41, 5.74) is 1.89. The molecular weight excluding hydrogens is 269 g/mol. The van der Waals surface area contributed by atoms with Gasteiger partial charge in [0.15, 0.2) is 0 Å². The maximum absolute atomic E-state index is 13.4. The molecule has 1 N–H and O–H groups in total. The van der Waals surface area contributed by atoms with E-state index in [-0.39, 0.29) is 5.82 Å². The monoisotopic (exact) mass is 289 g/mol. The van der Waals surface area contributed by atoms with E-state index in [1.165, 1.54) is 12.3 Å². The Bertz CT molecular complexity index is 604.